The van der Waals surface area contributed by atoms with Crippen molar-refractivity contribution in [2.24, 2.45) is 0 Å². The average molecular weight is 1300 g/mol. The molecule has 0 fully saturated rings. The Morgan fingerprint density at radius 1 is 0.368 bits per heavy atom. The predicted octanol–water partition coefficient (Wildman–Crippen LogP) is 19.2. The molecule has 0 saturated heterocycles. The van der Waals surface area contributed by atoms with E-state index in [4.69, 9.17) is 13.8 Å². The normalized spacial score (nSPS) is 14.4. The number of hydrogen-bond acceptors (Lipinski definition) is 9. The molecule has 494 valence electrons. The summed E-state index contributed by atoms with van der Waals surface area (Å²) in [5.74, 6) is -2.59. The molecule has 0 radical (unpaired) electrons. The van der Waals surface area contributed by atoms with Crippen LogP contribution in [0, 0.1) is 0 Å². The van der Waals surface area contributed by atoms with Crippen molar-refractivity contribution in [3.05, 3.63) is 180 Å². The molecule has 3 atom stereocenters. The van der Waals surface area contributed by atoms with Gasteiger partial charge in [0.2, 0.25) is 0 Å². The van der Waals surface area contributed by atoms with Gasteiger partial charge in [-0.05, 0) is 171 Å². The van der Waals surface area contributed by atoms with Crippen LogP contribution in [0.3, 0.4) is 0 Å². The summed E-state index contributed by atoms with van der Waals surface area (Å²) >= 11 is 0. The molecule has 11 nitrogen and oxygen atoms in total. The SMILES string of the molecule is C[N+](C)(C)CCOP(=O)(O)OC[C@@](O)(C(=O)CCCCCc1ccc2ccc3cccc4ccc1c2c34)[C@@](O)(COC(=O)CCCCCCCCCCCCCc1ccc2ccc3cccc4ccc1c2c34)C(=O)CCCCCc1ccc2ccc3cccc4ccc1c2c34. The van der Waals surface area contributed by atoms with Crippen LogP contribution in [0.2, 0.25) is 0 Å². The molecule has 0 aliphatic heterocycles. The zero-order valence-electron chi connectivity index (χ0n) is 55.8. The second kappa shape index (κ2) is 29.9. The molecule has 0 saturated carbocycles. The number of phosphoric ester groups is 1. The van der Waals surface area contributed by atoms with Gasteiger partial charge in [-0.2, -0.15) is 0 Å². The Labute approximate surface area is 558 Å². The number of ether oxygens (including phenoxy) is 1. The number of aliphatic hydroxyl groups is 2. The zero-order valence-corrected chi connectivity index (χ0v) is 56.7. The van der Waals surface area contributed by atoms with Crippen molar-refractivity contribution < 1.29 is 52.3 Å². The number of phosphoric acid groups is 1. The number of aryl methyl sites for hydroxylation is 3. The topological polar surface area (TPSA) is 157 Å². The number of carbonyl (C=O) groups is 3. The number of Topliss-reactive ketones (excluding diaryl/α,β-unsaturated/α-hetero) is 2. The Hall–Kier alpha value is -7.44. The van der Waals surface area contributed by atoms with Gasteiger partial charge in [-0.1, -0.05) is 234 Å². The minimum absolute atomic E-state index is 0.00286. The number of quaternary nitrogens is 1. The van der Waals surface area contributed by atoms with Gasteiger partial charge in [0.15, 0.2) is 22.8 Å². The summed E-state index contributed by atoms with van der Waals surface area (Å²) in [5, 5.41) is 48.1. The predicted molar refractivity (Wildman–Crippen MR) is 389 cm³/mol. The largest absolute Gasteiger partial charge is 0.472 e. The van der Waals surface area contributed by atoms with Crippen LogP contribution in [0.15, 0.2) is 164 Å². The van der Waals surface area contributed by atoms with E-state index in [0.29, 0.717) is 43.1 Å². The number of hydrogen-bond donors (Lipinski definition) is 3. The van der Waals surface area contributed by atoms with E-state index >= 15 is 0 Å². The number of unbranched alkanes of at least 4 members (excludes halogenated alkanes) is 14. The van der Waals surface area contributed by atoms with Crippen LogP contribution in [0.1, 0.15) is 145 Å². The molecule has 0 bridgehead atoms. The molecule has 1 unspecified atom stereocenters. The van der Waals surface area contributed by atoms with Gasteiger partial charge < -0.3 is 24.3 Å². The van der Waals surface area contributed by atoms with Crippen molar-refractivity contribution in [2.75, 3.05) is 47.5 Å². The van der Waals surface area contributed by atoms with E-state index in [1.54, 1.807) is 0 Å². The highest BCUT2D eigenvalue weighted by Crippen LogP contribution is 2.46. The molecule has 0 aliphatic rings. The van der Waals surface area contributed by atoms with E-state index in [9.17, 15) is 34.1 Å². The molecule has 0 aliphatic carbocycles. The lowest BCUT2D eigenvalue weighted by Gasteiger charge is -2.40. The van der Waals surface area contributed by atoms with Crippen molar-refractivity contribution in [1.29, 1.82) is 0 Å². The molecule has 0 spiro atoms. The van der Waals surface area contributed by atoms with Crippen molar-refractivity contribution in [1.82, 2.24) is 0 Å². The van der Waals surface area contributed by atoms with Gasteiger partial charge in [0, 0.05) is 19.3 Å². The number of carbonyl (C=O) groups excluding carboxylic acids is 3. The quantitative estimate of drug-likeness (QED) is 0.0112. The maximum absolute atomic E-state index is 14.8. The van der Waals surface area contributed by atoms with Crippen LogP contribution in [0.5, 0.6) is 0 Å². The number of nitrogens with zero attached hydrogens (tertiary/aromatic N) is 1. The van der Waals surface area contributed by atoms with Crippen LogP contribution in [0.4, 0.5) is 0 Å². The molecule has 12 aromatic carbocycles. The van der Waals surface area contributed by atoms with Crippen LogP contribution in [-0.2, 0) is 52.0 Å². The average Bonchev–Trinajstić information content (AvgIpc) is 0.768. The molecule has 0 amide bonds. The van der Waals surface area contributed by atoms with Gasteiger partial charge in [-0.15, -0.1) is 0 Å². The first kappa shape index (κ1) is 67.5. The van der Waals surface area contributed by atoms with Crippen molar-refractivity contribution >= 4 is 122 Å². The number of ketones is 2. The van der Waals surface area contributed by atoms with Gasteiger partial charge >= 0.3 is 13.8 Å². The highest BCUT2D eigenvalue weighted by atomic mass is 31.2. The van der Waals surface area contributed by atoms with Gasteiger partial charge in [0.05, 0.1) is 27.7 Å². The van der Waals surface area contributed by atoms with Crippen LogP contribution >= 0.6 is 7.82 Å². The fraction of sp³-hybridized carbons (Fsp3) is 0.386. The summed E-state index contributed by atoms with van der Waals surface area (Å²) in [6, 6.07) is 58.8. The fourth-order valence-corrected chi connectivity index (χ4v) is 15.7. The third kappa shape index (κ3) is 15.2. The second-order valence-corrected chi connectivity index (χ2v) is 29.5. The molecule has 0 aromatic heterocycles. The molecule has 12 aromatic rings. The summed E-state index contributed by atoms with van der Waals surface area (Å²) in [4.78, 5) is 54.3. The standard InChI is InChI=1S/C83H92NO10P/c1-84(2,3)54-55-93-95(90,91)94-57-83(89,74(86)34-19-14-17-26-60-38-41-69-47-44-63-29-23-32-66-50-53-72(60)81(69)78(63)66)82(88,73(85)33-18-13-16-25-59-37-40-68-46-43-62-28-22-31-65-49-52-71(59)80(68)77(62)65)56-92-75(87)35-20-12-10-8-6-4-5-7-9-11-15-24-58-36-39-67-45-42-61-27-21-30-64-48-51-70(58)79(67)76(61)64/h21-23,27-32,36-53,88-89H,4-20,24-26,33-35,54-57H2,1-3H3/p+1/t82-,83-/m1/s1. The van der Waals surface area contributed by atoms with Crippen molar-refractivity contribution in [3.8, 4) is 0 Å². The monoisotopic (exact) mass is 1290 g/mol. The van der Waals surface area contributed by atoms with E-state index in [2.05, 4.69) is 164 Å². The van der Waals surface area contributed by atoms with Gasteiger partial charge in [-0.3, -0.25) is 23.4 Å². The maximum atomic E-state index is 14.8. The van der Waals surface area contributed by atoms with E-state index in [0.717, 1.165) is 51.4 Å². The lowest BCUT2D eigenvalue weighted by Crippen LogP contribution is -2.68. The maximum Gasteiger partial charge on any atom is 0.472 e. The zero-order chi connectivity index (χ0) is 66.2. The minimum atomic E-state index is -4.98. The number of likely N-dealkylation sites (N-methyl/N-ethyl adjacent to an activating group) is 1. The Balaban J connectivity index is 0.656. The third-order valence-corrected chi connectivity index (χ3v) is 21.4. The molecule has 12 heteroatoms. The first-order valence-electron chi connectivity index (χ1n) is 35.0. The Morgan fingerprint density at radius 3 is 1.03 bits per heavy atom. The number of esters is 1. The number of benzene rings is 12. The molecule has 0 heterocycles. The van der Waals surface area contributed by atoms with Crippen molar-refractivity contribution in [2.45, 2.75) is 159 Å². The van der Waals surface area contributed by atoms with Gasteiger partial charge in [0.1, 0.15) is 19.8 Å². The van der Waals surface area contributed by atoms with E-state index in [-0.39, 0.29) is 38.7 Å². The molecule has 3 N–H and O–H groups in total. The first-order valence-corrected chi connectivity index (χ1v) is 36.5. The molecular weight excluding hydrogens is 1200 g/mol. The highest BCUT2D eigenvalue weighted by Gasteiger charge is 2.60. The third-order valence-electron chi connectivity index (χ3n) is 20.4. The summed E-state index contributed by atoms with van der Waals surface area (Å²) in [5.41, 5.74) is -2.35. The van der Waals surface area contributed by atoms with Crippen molar-refractivity contribution in [3.63, 3.8) is 0 Å². The lowest BCUT2D eigenvalue weighted by molar-refractivity contribution is -0.870. The van der Waals surface area contributed by atoms with E-state index in [1.807, 2.05) is 21.1 Å². The minimum Gasteiger partial charge on any atom is -0.462 e. The Bertz CT molecular complexity index is 4640. The number of rotatable bonds is 38. The summed E-state index contributed by atoms with van der Waals surface area (Å²) in [6.45, 7) is -2.18. The van der Waals surface area contributed by atoms with Gasteiger partial charge in [-0.25, -0.2) is 4.57 Å². The second-order valence-electron chi connectivity index (χ2n) is 28.1. The first-order chi connectivity index (χ1) is 46.0. The highest BCUT2D eigenvalue weighted by molar-refractivity contribution is 7.47. The van der Waals surface area contributed by atoms with E-state index < -0.39 is 49.8 Å². The summed E-state index contributed by atoms with van der Waals surface area (Å²) < 4.78 is 30.4. The van der Waals surface area contributed by atoms with Gasteiger partial charge in [0.25, 0.3) is 0 Å². The van der Waals surface area contributed by atoms with Crippen LogP contribution in [0.25, 0.3) is 97.0 Å². The summed E-state index contributed by atoms with van der Waals surface area (Å²) in [6.07, 6.45) is 16.6. The smallest absolute Gasteiger partial charge is 0.462 e. The van der Waals surface area contributed by atoms with Crippen LogP contribution < -0.4 is 0 Å². The van der Waals surface area contributed by atoms with E-state index in [1.165, 1.54) is 146 Å². The molecular formula is C83H93NO10P+. The van der Waals surface area contributed by atoms with Crippen LogP contribution in [-0.4, -0.2) is 95.8 Å². The Kier molecular flexibility index (Phi) is 21.3. The Morgan fingerprint density at radius 2 is 0.663 bits per heavy atom. The molecule has 95 heavy (non-hydrogen) atoms. The fourth-order valence-electron chi connectivity index (χ4n) is 14.9. The summed E-state index contributed by atoms with van der Waals surface area (Å²) in [7, 11) is 0.679. The lowest BCUT2D eigenvalue weighted by atomic mass is 9.75. The molecule has 12 rings (SSSR count).